The van der Waals surface area contributed by atoms with Gasteiger partial charge in [0.2, 0.25) is 0 Å². The van der Waals surface area contributed by atoms with Gasteiger partial charge < -0.3 is 10.0 Å². The number of aryl methyl sites for hydroxylation is 1. The van der Waals surface area contributed by atoms with Gasteiger partial charge in [-0.05, 0) is 36.8 Å². The van der Waals surface area contributed by atoms with Crippen molar-refractivity contribution >= 4 is 5.97 Å². The van der Waals surface area contributed by atoms with Crippen LogP contribution in [0, 0.1) is 5.41 Å². The first-order valence-electron chi connectivity index (χ1n) is 7.05. The molecule has 1 fully saturated rings. The molecule has 1 heterocycles. The van der Waals surface area contributed by atoms with Crippen LogP contribution in [0.3, 0.4) is 0 Å². The second kappa shape index (κ2) is 6.20. The topological polar surface area (TPSA) is 40.5 Å². The van der Waals surface area contributed by atoms with Crippen LogP contribution in [0.5, 0.6) is 0 Å². The van der Waals surface area contributed by atoms with Crippen LogP contribution in [0.15, 0.2) is 30.3 Å². The molecule has 3 nitrogen and oxygen atoms in total. The quantitative estimate of drug-likeness (QED) is 0.856. The summed E-state index contributed by atoms with van der Waals surface area (Å²) < 4.78 is 0. The highest BCUT2D eigenvalue weighted by Crippen LogP contribution is 2.34. The van der Waals surface area contributed by atoms with E-state index < -0.39 is 5.97 Å². The number of aliphatic carboxylic acids is 1. The van der Waals surface area contributed by atoms with Crippen molar-refractivity contribution in [2.45, 2.75) is 32.6 Å². The van der Waals surface area contributed by atoms with Gasteiger partial charge in [-0.25, -0.2) is 0 Å². The molecule has 3 heteroatoms. The summed E-state index contributed by atoms with van der Waals surface area (Å²) in [6, 6.07) is 10.6. The molecule has 1 aromatic carbocycles. The summed E-state index contributed by atoms with van der Waals surface area (Å²) in [4.78, 5) is 12.9. The number of nitrogens with zero attached hydrogens (tertiary/aromatic N) is 1. The lowest BCUT2D eigenvalue weighted by Crippen LogP contribution is -2.27. The number of hydrogen-bond donors (Lipinski definition) is 1. The van der Waals surface area contributed by atoms with Gasteiger partial charge in [0.1, 0.15) is 0 Å². The number of carbonyl (C=O) groups is 1. The molecule has 0 spiro atoms. The molecule has 0 aliphatic carbocycles. The SMILES string of the molecule is C[C@@]1(CCc2ccccc2)CCN(CCC(=O)O)C1. The second-order valence-electron chi connectivity index (χ2n) is 5.97. The first kappa shape index (κ1) is 14.1. The van der Waals surface area contributed by atoms with Crippen molar-refractivity contribution < 1.29 is 9.90 Å². The van der Waals surface area contributed by atoms with Gasteiger partial charge in [0.25, 0.3) is 0 Å². The minimum atomic E-state index is -0.696. The van der Waals surface area contributed by atoms with E-state index in [2.05, 4.69) is 42.2 Å². The Morgan fingerprint density at radius 1 is 1.37 bits per heavy atom. The van der Waals surface area contributed by atoms with Crippen LogP contribution >= 0.6 is 0 Å². The monoisotopic (exact) mass is 261 g/mol. The Morgan fingerprint density at radius 2 is 2.11 bits per heavy atom. The Hall–Kier alpha value is -1.35. The van der Waals surface area contributed by atoms with E-state index >= 15 is 0 Å². The molecule has 1 atom stereocenters. The molecule has 0 unspecified atom stereocenters. The van der Waals surface area contributed by atoms with Gasteiger partial charge in [0.05, 0.1) is 6.42 Å². The highest BCUT2D eigenvalue weighted by molar-refractivity contribution is 5.66. The first-order valence-corrected chi connectivity index (χ1v) is 7.05. The number of likely N-dealkylation sites (tertiary alicyclic amines) is 1. The molecule has 2 rings (SSSR count). The normalized spacial score (nSPS) is 23.6. The van der Waals surface area contributed by atoms with E-state index in [0.717, 1.165) is 19.5 Å². The van der Waals surface area contributed by atoms with Gasteiger partial charge in [-0.15, -0.1) is 0 Å². The van der Waals surface area contributed by atoms with Crippen molar-refractivity contribution in [1.82, 2.24) is 4.90 Å². The Kier molecular flexibility index (Phi) is 4.59. The van der Waals surface area contributed by atoms with Crippen LogP contribution in [0.2, 0.25) is 0 Å². The maximum atomic E-state index is 10.6. The summed E-state index contributed by atoms with van der Waals surface area (Å²) in [5.74, 6) is -0.696. The molecule has 0 bridgehead atoms. The summed E-state index contributed by atoms with van der Waals surface area (Å²) in [5, 5.41) is 8.73. The minimum absolute atomic E-state index is 0.259. The van der Waals surface area contributed by atoms with Gasteiger partial charge in [0.15, 0.2) is 0 Å². The van der Waals surface area contributed by atoms with Gasteiger partial charge in [-0.1, -0.05) is 37.3 Å². The average molecular weight is 261 g/mol. The molecule has 104 valence electrons. The van der Waals surface area contributed by atoms with Crippen molar-refractivity contribution in [3.63, 3.8) is 0 Å². The standard InChI is InChI=1S/C16H23NO2/c1-16(9-7-14-5-3-2-4-6-14)10-12-17(13-16)11-8-15(18)19/h2-6H,7-13H2,1H3,(H,18,19)/t16-/m1/s1. The van der Waals surface area contributed by atoms with E-state index in [0.29, 0.717) is 12.0 Å². The number of carboxylic acids is 1. The highest BCUT2D eigenvalue weighted by Gasteiger charge is 2.33. The maximum absolute atomic E-state index is 10.6. The third-order valence-electron chi connectivity index (χ3n) is 4.14. The summed E-state index contributed by atoms with van der Waals surface area (Å²) in [6.45, 7) is 5.10. The molecule has 0 radical (unpaired) electrons. The Labute approximate surface area is 115 Å². The maximum Gasteiger partial charge on any atom is 0.304 e. The molecule has 1 N–H and O–H groups in total. The van der Waals surface area contributed by atoms with Gasteiger partial charge in [-0.3, -0.25) is 4.79 Å². The van der Waals surface area contributed by atoms with Crippen LogP contribution < -0.4 is 0 Å². The van der Waals surface area contributed by atoms with Crippen LogP contribution in [0.1, 0.15) is 31.7 Å². The summed E-state index contributed by atoms with van der Waals surface area (Å²) >= 11 is 0. The lowest BCUT2D eigenvalue weighted by atomic mass is 9.83. The molecule has 1 aromatic rings. The predicted octanol–water partition coefficient (Wildman–Crippen LogP) is 2.81. The summed E-state index contributed by atoms with van der Waals surface area (Å²) in [5.41, 5.74) is 1.74. The van der Waals surface area contributed by atoms with Crippen molar-refractivity contribution in [3.05, 3.63) is 35.9 Å². The van der Waals surface area contributed by atoms with Crippen LogP contribution in [-0.4, -0.2) is 35.6 Å². The molecule has 19 heavy (non-hydrogen) atoms. The van der Waals surface area contributed by atoms with Gasteiger partial charge >= 0.3 is 5.97 Å². The Balaban J connectivity index is 1.79. The van der Waals surface area contributed by atoms with E-state index in [1.807, 2.05) is 0 Å². The van der Waals surface area contributed by atoms with Gasteiger partial charge in [0, 0.05) is 13.1 Å². The molecular weight excluding hydrogens is 238 g/mol. The fraction of sp³-hybridized carbons (Fsp3) is 0.562. The van der Waals surface area contributed by atoms with E-state index in [-0.39, 0.29) is 6.42 Å². The zero-order valence-corrected chi connectivity index (χ0v) is 11.6. The molecule has 0 amide bonds. The first-order chi connectivity index (χ1) is 9.07. The molecule has 1 aliphatic rings. The molecule has 1 aliphatic heterocycles. The number of benzene rings is 1. The third kappa shape index (κ3) is 4.35. The van der Waals surface area contributed by atoms with Crippen LogP contribution in [0.25, 0.3) is 0 Å². The smallest absolute Gasteiger partial charge is 0.304 e. The van der Waals surface area contributed by atoms with E-state index in [1.165, 1.54) is 18.4 Å². The van der Waals surface area contributed by atoms with E-state index in [4.69, 9.17) is 5.11 Å². The van der Waals surface area contributed by atoms with Crippen molar-refractivity contribution in [2.24, 2.45) is 5.41 Å². The zero-order valence-electron chi connectivity index (χ0n) is 11.6. The lowest BCUT2D eigenvalue weighted by molar-refractivity contribution is -0.137. The third-order valence-corrected chi connectivity index (χ3v) is 4.14. The van der Waals surface area contributed by atoms with E-state index in [1.54, 1.807) is 0 Å². The molecule has 1 saturated heterocycles. The van der Waals surface area contributed by atoms with Crippen molar-refractivity contribution in [2.75, 3.05) is 19.6 Å². The molecular formula is C16H23NO2. The van der Waals surface area contributed by atoms with Crippen molar-refractivity contribution in [3.8, 4) is 0 Å². The fourth-order valence-electron chi connectivity index (χ4n) is 2.87. The Bertz CT molecular complexity index is 418. The fourth-order valence-corrected chi connectivity index (χ4v) is 2.87. The van der Waals surface area contributed by atoms with Crippen LogP contribution in [-0.2, 0) is 11.2 Å². The molecule has 0 saturated carbocycles. The van der Waals surface area contributed by atoms with Crippen molar-refractivity contribution in [1.29, 1.82) is 0 Å². The largest absolute Gasteiger partial charge is 0.481 e. The number of carboxylic acid groups (broad SMARTS) is 1. The number of hydrogen-bond acceptors (Lipinski definition) is 2. The lowest BCUT2D eigenvalue weighted by Gasteiger charge is -2.24. The average Bonchev–Trinajstić information content (AvgIpc) is 2.78. The summed E-state index contributed by atoms with van der Waals surface area (Å²) in [7, 11) is 0. The minimum Gasteiger partial charge on any atom is -0.481 e. The predicted molar refractivity (Wildman–Crippen MR) is 76.2 cm³/mol. The Morgan fingerprint density at radius 3 is 2.79 bits per heavy atom. The number of rotatable bonds is 6. The van der Waals surface area contributed by atoms with Crippen LogP contribution in [0.4, 0.5) is 0 Å². The zero-order chi connectivity index (χ0) is 13.7. The second-order valence-corrected chi connectivity index (χ2v) is 5.97. The molecule has 0 aromatic heterocycles. The van der Waals surface area contributed by atoms with E-state index in [9.17, 15) is 4.79 Å². The summed E-state index contributed by atoms with van der Waals surface area (Å²) in [6.07, 6.45) is 3.74. The van der Waals surface area contributed by atoms with Gasteiger partial charge in [-0.2, -0.15) is 0 Å². The highest BCUT2D eigenvalue weighted by atomic mass is 16.4.